The molecule has 2 fully saturated rings. The maximum absolute atomic E-state index is 13.3. The lowest BCUT2D eigenvalue weighted by Gasteiger charge is -2.36. The molecule has 37 heavy (non-hydrogen) atoms. The van der Waals surface area contributed by atoms with E-state index in [0.717, 1.165) is 24.0 Å². The van der Waals surface area contributed by atoms with E-state index in [2.05, 4.69) is 15.1 Å². The van der Waals surface area contributed by atoms with Crippen molar-refractivity contribution in [2.45, 2.75) is 30.7 Å². The van der Waals surface area contributed by atoms with Crippen LogP contribution in [-0.2, 0) is 14.8 Å². The number of halogens is 2. The monoisotopic (exact) mass is 559 g/mol. The second kappa shape index (κ2) is 10.6. The molecule has 11 heteroatoms. The minimum atomic E-state index is -3.73. The Morgan fingerprint density at radius 3 is 2.27 bits per heavy atom. The minimum absolute atomic E-state index is 0.112. The largest absolute Gasteiger partial charge is 0.352 e. The molecule has 1 aliphatic heterocycles. The molecule has 1 aromatic heterocycles. The molecule has 0 unspecified atom stereocenters. The summed E-state index contributed by atoms with van der Waals surface area (Å²) in [7, 11) is -3.73. The van der Waals surface area contributed by atoms with Gasteiger partial charge in [-0.3, -0.25) is 4.79 Å². The first-order valence-corrected chi connectivity index (χ1v) is 14.3. The molecule has 0 atom stereocenters. The zero-order valence-electron chi connectivity index (χ0n) is 20.3. The predicted octanol–water partition coefficient (Wildman–Crippen LogP) is 4.26. The number of piperazine rings is 1. The number of hydrogen-bond acceptors (Lipinski definition) is 6. The first-order chi connectivity index (χ1) is 17.7. The molecule has 0 N–H and O–H groups in total. The third kappa shape index (κ3) is 5.75. The molecule has 8 nitrogen and oxygen atoms in total. The number of aromatic nitrogens is 2. The van der Waals surface area contributed by atoms with E-state index < -0.39 is 10.0 Å². The highest BCUT2D eigenvalue weighted by atomic mass is 35.5. The van der Waals surface area contributed by atoms with Crippen molar-refractivity contribution in [1.82, 2.24) is 19.4 Å². The second-order valence-electron chi connectivity index (χ2n) is 9.36. The quantitative estimate of drug-likeness (QED) is 0.429. The number of benzene rings is 2. The summed E-state index contributed by atoms with van der Waals surface area (Å²) in [5.41, 5.74) is 2.38. The average molecular weight is 561 g/mol. The summed E-state index contributed by atoms with van der Waals surface area (Å²) in [6.45, 7) is 3.89. The molecule has 2 aromatic carbocycles. The van der Waals surface area contributed by atoms with Crippen LogP contribution in [0.4, 0.5) is 5.82 Å². The number of aryl methyl sites for hydroxylation is 1. The van der Waals surface area contributed by atoms with Gasteiger partial charge in [-0.2, -0.15) is 4.31 Å². The van der Waals surface area contributed by atoms with Gasteiger partial charge in [-0.15, -0.1) is 10.2 Å². The Labute approximate surface area is 226 Å². The van der Waals surface area contributed by atoms with Crippen LogP contribution in [-0.4, -0.2) is 72.5 Å². The third-order valence-electron chi connectivity index (χ3n) is 6.69. The zero-order chi connectivity index (χ0) is 26.2. The first-order valence-electron chi connectivity index (χ1n) is 12.1. The van der Waals surface area contributed by atoms with Gasteiger partial charge in [0, 0.05) is 42.8 Å². The molecular weight excluding hydrogens is 533 g/mol. The van der Waals surface area contributed by atoms with Gasteiger partial charge >= 0.3 is 0 Å². The maximum Gasteiger partial charge on any atom is 0.243 e. The summed E-state index contributed by atoms with van der Waals surface area (Å²) in [6, 6.07) is 15.6. The van der Waals surface area contributed by atoms with Gasteiger partial charge in [-0.25, -0.2) is 8.42 Å². The Hall–Kier alpha value is -2.72. The number of nitrogens with zero attached hydrogens (tertiary/aromatic N) is 5. The van der Waals surface area contributed by atoms with Gasteiger partial charge in [0.25, 0.3) is 0 Å². The fourth-order valence-electron chi connectivity index (χ4n) is 4.37. The topological polar surface area (TPSA) is 86.7 Å². The molecule has 1 saturated heterocycles. The molecule has 194 valence electrons. The molecule has 2 aliphatic rings. The molecule has 0 spiro atoms. The molecule has 0 bridgehead atoms. The lowest BCUT2D eigenvalue weighted by Crippen LogP contribution is -2.52. The summed E-state index contributed by atoms with van der Waals surface area (Å²) in [5, 5.41) is 9.74. The highest BCUT2D eigenvalue weighted by Crippen LogP contribution is 2.32. The number of hydrogen-bond donors (Lipinski definition) is 0. The van der Waals surface area contributed by atoms with Crippen LogP contribution in [0.25, 0.3) is 11.3 Å². The van der Waals surface area contributed by atoms with Gasteiger partial charge in [0.2, 0.25) is 15.9 Å². The van der Waals surface area contributed by atoms with E-state index in [4.69, 9.17) is 23.2 Å². The molecule has 1 aliphatic carbocycles. The number of amides is 1. The average Bonchev–Trinajstić information content (AvgIpc) is 3.73. The molecule has 3 aromatic rings. The lowest BCUT2D eigenvalue weighted by atomic mass is 10.1. The summed E-state index contributed by atoms with van der Waals surface area (Å²) in [4.78, 5) is 17.1. The summed E-state index contributed by atoms with van der Waals surface area (Å²) in [6.07, 6.45) is 1.56. The molecular formula is C26H27Cl2N5O3S. The number of carbonyl (C=O) groups excluding carboxylic acids is 1. The van der Waals surface area contributed by atoms with Crippen LogP contribution in [0.3, 0.4) is 0 Å². The van der Waals surface area contributed by atoms with Crippen LogP contribution in [0.2, 0.25) is 10.0 Å². The highest BCUT2D eigenvalue weighted by molar-refractivity contribution is 7.89. The Morgan fingerprint density at radius 1 is 0.973 bits per heavy atom. The van der Waals surface area contributed by atoms with Gasteiger partial charge in [-0.05, 0) is 62.2 Å². The minimum Gasteiger partial charge on any atom is -0.352 e. The van der Waals surface area contributed by atoms with Gasteiger partial charge in [0.15, 0.2) is 5.82 Å². The fourth-order valence-corrected chi connectivity index (χ4v) is 6.51. The van der Waals surface area contributed by atoms with Gasteiger partial charge in [0.1, 0.15) is 0 Å². The van der Waals surface area contributed by atoms with Gasteiger partial charge < -0.3 is 9.80 Å². The second-order valence-corrected chi connectivity index (χ2v) is 12.1. The van der Waals surface area contributed by atoms with E-state index in [0.29, 0.717) is 47.7 Å². The van der Waals surface area contributed by atoms with Crippen LogP contribution in [0, 0.1) is 6.92 Å². The standard InChI is InChI=1S/C26H27Cl2N5O3S/c1-18-2-7-21(8-3-18)37(35,36)33(20-5-6-20)17-26(34)32-14-12-31(13-15-32)25-11-10-24(29-30-25)22-9-4-19(27)16-23(22)28/h2-4,7-11,16,20H,5-6,12-15,17H2,1H3. The Kier molecular flexibility index (Phi) is 7.40. The van der Waals surface area contributed by atoms with Crippen molar-refractivity contribution in [1.29, 1.82) is 0 Å². The van der Waals surface area contributed by atoms with Gasteiger partial charge in [-0.1, -0.05) is 40.9 Å². The van der Waals surface area contributed by atoms with Crippen molar-refractivity contribution in [2.24, 2.45) is 0 Å². The van der Waals surface area contributed by atoms with Crippen molar-refractivity contribution in [2.75, 3.05) is 37.6 Å². The van der Waals surface area contributed by atoms with Crippen LogP contribution in [0.1, 0.15) is 18.4 Å². The molecule has 0 radical (unpaired) electrons. The number of rotatable bonds is 7. The lowest BCUT2D eigenvalue weighted by molar-refractivity contribution is -0.131. The summed E-state index contributed by atoms with van der Waals surface area (Å²) < 4.78 is 27.9. The van der Waals surface area contributed by atoms with Crippen molar-refractivity contribution in [3.63, 3.8) is 0 Å². The zero-order valence-corrected chi connectivity index (χ0v) is 22.7. The van der Waals surface area contributed by atoms with E-state index in [1.807, 2.05) is 25.1 Å². The summed E-state index contributed by atoms with van der Waals surface area (Å²) >= 11 is 12.3. The first kappa shape index (κ1) is 25.9. The SMILES string of the molecule is Cc1ccc(S(=O)(=O)N(CC(=O)N2CCN(c3ccc(-c4ccc(Cl)cc4Cl)nn3)CC2)C2CC2)cc1. The van der Waals surface area contributed by atoms with E-state index in [1.54, 1.807) is 41.3 Å². The van der Waals surface area contributed by atoms with Crippen LogP contribution in [0.5, 0.6) is 0 Å². The van der Waals surface area contributed by atoms with E-state index in [-0.39, 0.29) is 23.4 Å². The Balaban J connectivity index is 1.21. The van der Waals surface area contributed by atoms with Gasteiger partial charge in [0.05, 0.1) is 22.2 Å². The molecule has 1 amide bonds. The van der Waals surface area contributed by atoms with Crippen molar-refractivity contribution < 1.29 is 13.2 Å². The number of carbonyl (C=O) groups is 1. The van der Waals surface area contributed by atoms with E-state index in [9.17, 15) is 13.2 Å². The van der Waals surface area contributed by atoms with Crippen LogP contribution in [0.15, 0.2) is 59.5 Å². The Bertz CT molecular complexity index is 1390. The third-order valence-corrected chi connectivity index (χ3v) is 9.15. The molecule has 1 saturated carbocycles. The number of sulfonamides is 1. The normalized spacial score (nSPS) is 16.3. The smallest absolute Gasteiger partial charge is 0.243 e. The van der Waals surface area contributed by atoms with E-state index >= 15 is 0 Å². The van der Waals surface area contributed by atoms with Crippen molar-refractivity contribution in [3.05, 3.63) is 70.2 Å². The fraction of sp³-hybridized carbons (Fsp3) is 0.346. The highest BCUT2D eigenvalue weighted by Gasteiger charge is 2.40. The maximum atomic E-state index is 13.3. The van der Waals surface area contributed by atoms with E-state index in [1.165, 1.54) is 4.31 Å². The number of anilines is 1. The predicted molar refractivity (Wildman–Crippen MR) is 144 cm³/mol. The molecule has 2 heterocycles. The van der Waals surface area contributed by atoms with Crippen molar-refractivity contribution >= 4 is 45.0 Å². The Morgan fingerprint density at radius 2 is 1.68 bits per heavy atom. The summed E-state index contributed by atoms with van der Waals surface area (Å²) in [5.74, 6) is 0.531. The molecule has 5 rings (SSSR count). The van der Waals surface area contributed by atoms with Crippen molar-refractivity contribution in [3.8, 4) is 11.3 Å². The van der Waals surface area contributed by atoms with Crippen LogP contribution < -0.4 is 4.90 Å². The van der Waals surface area contributed by atoms with Crippen LogP contribution >= 0.6 is 23.2 Å².